The van der Waals surface area contributed by atoms with Gasteiger partial charge in [-0.2, -0.15) is 0 Å². The van der Waals surface area contributed by atoms with Crippen molar-refractivity contribution in [3.63, 3.8) is 0 Å². The molecular weight excluding hydrogens is 272 g/mol. The van der Waals surface area contributed by atoms with Crippen LogP contribution in [0.4, 0.5) is 5.69 Å². The zero-order chi connectivity index (χ0) is 14.5. The molecule has 0 spiro atoms. The van der Waals surface area contributed by atoms with E-state index in [1.54, 1.807) is 6.26 Å². The number of hydrogen-bond donors (Lipinski definition) is 2. The Labute approximate surface area is 122 Å². The smallest absolute Gasteiger partial charge is 0.227 e. The van der Waals surface area contributed by atoms with Gasteiger partial charge in [-0.25, -0.2) is 0 Å². The highest BCUT2D eigenvalue weighted by molar-refractivity contribution is 7.84. The molecule has 0 bridgehead atoms. The summed E-state index contributed by atoms with van der Waals surface area (Å²) in [5.74, 6) is 0.625. The molecule has 0 radical (unpaired) electrons. The van der Waals surface area contributed by atoms with Crippen molar-refractivity contribution >= 4 is 22.4 Å². The number of para-hydroxylation sites is 1. The van der Waals surface area contributed by atoms with Crippen molar-refractivity contribution in [2.24, 2.45) is 0 Å². The summed E-state index contributed by atoms with van der Waals surface area (Å²) < 4.78 is 11.1. The van der Waals surface area contributed by atoms with Gasteiger partial charge in [0.15, 0.2) is 0 Å². The van der Waals surface area contributed by atoms with Gasteiger partial charge in [-0.3, -0.25) is 9.00 Å². The summed E-state index contributed by atoms with van der Waals surface area (Å²) in [6.07, 6.45) is 3.26. The Morgan fingerprint density at radius 1 is 1.50 bits per heavy atom. The Morgan fingerprint density at radius 2 is 2.25 bits per heavy atom. The Kier molecular flexibility index (Phi) is 5.17. The fraction of sp³-hybridized carbons (Fsp3) is 0.533. The molecule has 0 aliphatic carbocycles. The second kappa shape index (κ2) is 6.88. The molecule has 2 rings (SSSR count). The maximum Gasteiger partial charge on any atom is 0.227 e. The Balaban J connectivity index is 1.98. The molecule has 2 N–H and O–H groups in total. The molecule has 4 nitrogen and oxygen atoms in total. The molecule has 3 atom stereocenters. The minimum absolute atomic E-state index is 0.0634. The van der Waals surface area contributed by atoms with E-state index in [4.69, 9.17) is 0 Å². The lowest BCUT2D eigenvalue weighted by atomic mass is 9.90. The largest absolute Gasteiger partial charge is 0.385 e. The van der Waals surface area contributed by atoms with Crippen LogP contribution in [0.1, 0.15) is 31.2 Å². The van der Waals surface area contributed by atoms with Crippen molar-refractivity contribution in [3.8, 4) is 0 Å². The normalized spacial score (nSPS) is 20.4. The summed E-state index contributed by atoms with van der Waals surface area (Å²) in [6.45, 7) is 2.79. The standard InChI is InChI=1S/C15H22N2O2S/c1-11(8-10-20(2)19)17-15(18)13-7-9-16-14-6-4-3-5-12(13)14/h3-6,11,13,16H,7-10H2,1-2H3,(H,17,18). The monoisotopic (exact) mass is 294 g/mol. The molecule has 0 saturated heterocycles. The third kappa shape index (κ3) is 3.82. The summed E-state index contributed by atoms with van der Waals surface area (Å²) in [7, 11) is -0.803. The van der Waals surface area contributed by atoms with E-state index in [0.29, 0.717) is 5.75 Å². The number of carbonyl (C=O) groups is 1. The van der Waals surface area contributed by atoms with Gasteiger partial charge in [0.1, 0.15) is 0 Å². The van der Waals surface area contributed by atoms with Crippen molar-refractivity contribution in [3.05, 3.63) is 29.8 Å². The zero-order valence-electron chi connectivity index (χ0n) is 12.0. The molecule has 1 aromatic rings. The Bertz CT molecular complexity index is 504. The fourth-order valence-electron chi connectivity index (χ4n) is 2.50. The van der Waals surface area contributed by atoms with Crippen LogP contribution in [0.5, 0.6) is 0 Å². The van der Waals surface area contributed by atoms with Gasteiger partial charge < -0.3 is 10.6 Å². The lowest BCUT2D eigenvalue weighted by Crippen LogP contribution is -2.38. The van der Waals surface area contributed by atoms with Crippen molar-refractivity contribution in [2.45, 2.75) is 31.7 Å². The first kappa shape index (κ1) is 15.0. The minimum atomic E-state index is -0.803. The van der Waals surface area contributed by atoms with Gasteiger partial charge in [-0.05, 0) is 31.4 Å². The maximum absolute atomic E-state index is 12.4. The van der Waals surface area contributed by atoms with E-state index in [9.17, 15) is 9.00 Å². The first-order valence-corrected chi connectivity index (χ1v) is 8.74. The number of benzene rings is 1. The SMILES string of the molecule is CC(CCS(C)=O)NC(=O)C1CCNc2ccccc21. The van der Waals surface area contributed by atoms with Crippen LogP contribution in [-0.4, -0.2) is 34.7 Å². The summed E-state index contributed by atoms with van der Waals surface area (Å²) in [6, 6.07) is 8.03. The number of fused-ring (bicyclic) bond motifs is 1. The van der Waals surface area contributed by atoms with Crippen LogP contribution in [-0.2, 0) is 15.6 Å². The van der Waals surface area contributed by atoms with Crippen molar-refractivity contribution in [2.75, 3.05) is 23.9 Å². The highest BCUT2D eigenvalue weighted by Gasteiger charge is 2.26. The molecule has 5 heteroatoms. The molecule has 20 heavy (non-hydrogen) atoms. The summed E-state index contributed by atoms with van der Waals surface area (Å²) >= 11 is 0. The lowest BCUT2D eigenvalue weighted by molar-refractivity contribution is -0.123. The topological polar surface area (TPSA) is 58.2 Å². The van der Waals surface area contributed by atoms with Crippen molar-refractivity contribution in [1.82, 2.24) is 5.32 Å². The Morgan fingerprint density at radius 3 is 3.00 bits per heavy atom. The van der Waals surface area contributed by atoms with Crippen molar-refractivity contribution < 1.29 is 9.00 Å². The average molecular weight is 294 g/mol. The second-order valence-electron chi connectivity index (χ2n) is 5.33. The molecule has 1 aliphatic heterocycles. The predicted molar refractivity (Wildman–Crippen MR) is 83.4 cm³/mol. The van der Waals surface area contributed by atoms with E-state index in [1.165, 1.54) is 0 Å². The van der Waals surface area contributed by atoms with Crippen LogP contribution in [0.3, 0.4) is 0 Å². The molecular formula is C15H22N2O2S. The van der Waals surface area contributed by atoms with Crippen LogP contribution >= 0.6 is 0 Å². The molecule has 0 aromatic heterocycles. The van der Waals surface area contributed by atoms with Gasteiger partial charge >= 0.3 is 0 Å². The van der Waals surface area contributed by atoms with E-state index >= 15 is 0 Å². The quantitative estimate of drug-likeness (QED) is 0.871. The zero-order valence-corrected chi connectivity index (χ0v) is 12.8. The molecule has 0 saturated carbocycles. The number of nitrogens with one attached hydrogen (secondary N) is 2. The number of hydrogen-bond acceptors (Lipinski definition) is 3. The van der Waals surface area contributed by atoms with Crippen LogP contribution in [0.2, 0.25) is 0 Å². The number of anilines is 1. The highest BCUT2D eigenvalue weighted by atomic mass is 32.2. The van der Waals surface area contributed by atoms with Crippen LogP contribution in [0, 0.1) is 0 Å². The fourth-order valence-corrected chi connectivity index (χ4v) is 3.18. The maximum atomic E-state index is 12.4. The summed E-state index contributed by atoms with van der Waals surface area (Å²) in [4.78, 5) is 12.4. The number of rotatable bonds is 5. The third-order valence-electron chi connectivity index (χ3n) is 3.63. The van der Waals surface area contributed by atoms with Gasteiger partial charge in [-0.1, -0.05) is 18.2 Å². The van der Waals surface area contributed by atoms with E-state index in [1.807, 2.05) is 31.2 Å². The van der Waals surface area contributed by atoms with E-state index in [-0.39, 0.29) is 17.9 Å². The number of carbonyl (C=O) groups excluding carboxylic acids is 1. The van der Waals surface area contributed by atoms with Crippen molar-refractivity contribution in [1.29, 1.82) is 0 Å². The summed E-state index contributed by atoms with van der Waals surface area (Å²) in [5.41, 5.74) is 2.13. The summed E-state index contributed by atoms with van der Waals surface area (Å²) in [5, 5.41) is 6.37. The molecule has 1 aliphatic rings. The number of amides is 1. The molecule has 1 amide bonds. The molecule has 0 fully saturated rings. The predicted octanol–water partition coefficient (Wildman–Crippen LogP) is 1.86. The second-order valence-corrected chi connectivity index (χ2v) is 6.89. The van der Waals surface area contributed by atoms with Crippen LogP contribution in [0.25, 0.3) is 0 Å². The van der Waals surface area contributed by atoms with Gasteiger partial charge in [0, 0.05) is 41.1 Å². The minimum Gasteiger partial charge on any atom is -0.385 e. The van der Waals surface area contributed by atoms with Crippen LogP contribution in [0.15, 0.2) is 24.3 Å². The first-order valence-electron chi connectivity index (χ1n) is 7.01. The van der Waals surface area contributed by atoms with Gasteiger partial charge in [0.25, 0.3) is 0 Å². The lowest BCUT2D eigenvalue weighted by Gasteiger charge is -2.27. The third-order valence-corrected chi connectivity index (χ3v) is 4.44. The van der Waals surface area contributed by atoms with Gasteiger partial charge in [-0.15, -0.1) is 0 Å². The first-order chi connectivity index (χ1) is 9.58. The molecule has 3 unspecified atom stereocenters. The van der Waals surface area contributed by atoms with Crippen LogP contribution < -0.4 is 10.6 Å². The van der Waals surface area contributed by atoms with E-state index in [0.717, 1.165) is 30.6 Å². The molecule has 1 heterocycles. The average Bonchev–Trinajstić information content (AvgIpc) is 2.44. The molecule has 1 aromatic carbocycles. The Hall–Kier alpha value is -1.36. The van der Waals surface area contributed by atoms with Gasteiger partial charge in [0.2, 0.25) is 5.91 Å². The highest BCUT2D eigenvalue weighted by Crippen LogP contribution is 2.31. The van der Waals surface area contributed by atoms with Gasteiger partial charge in [0.05, 0.1) is 5.92 Å². The van der Waals surface area contributed by atoms with E-state index < -0.39 is 10.8 Å². The molecule has 110 valence electrons. The van der Waals surface area contributed by atoms with E-state index in [2.05, 4.69) is 10.6 Å².